The number of nitrogens with one attached hydrogen (secondary N) is 2. The van der Waals surface area contributed by atoms with Crippen LogP contribution in [0.1, 0.15) is 17.4 Å². The maximum absolute atomic E-state index is 11.3. The number of aromatic amines is 1. The summed E-state index contributed by atoms with van der Waals surface area (Å²) in [5.41, 5.74) is 5.69. The molecule has 0 aliphatic carbocycles. The normalized spacial score (nSPS) is 12.5. The zero-order valence-corrected chi connectivity index (χ0v) is 7.45. The average molecular weight is 183 g/mol. The van der Waals surface area contributed by atoms with Gasteiger partial charge in [0.2, 0.25) is 0 Å². The molecule has 0 radical (unpaired) electrons. The fraction of sp³-hybridized carbons (Fsp3) is 0.571. The number of H-pyrrole nitrogens is 1. The minimum atomic E-state index is -0.228. The van der Waals surface area contributed by atoms with Crippen LogP contribution < -0.4 is 11.1 Å². The highest BCUT2D eigenvalue weighted by atomic mass is 16.1. The van der Waals surface area contributed by atoms with E-state index >= 15 is 0 Å². The first-order valence-corrected chi connectivity index (χ1v) is 4.08. The third-order valence-corrected chi connectivity index (χ3v) is 1.66. The first-order valence-electron chi connectivity index (χ1n) is 4.08. The second-order valence-electron chi connectivity index (χ2n) is 2.91. The Morgan fingerprint density at radius 3 is 3.15 bits per heavy atom. The van der Waals surface area contributed by atoms with Crippen LogP contribution in [0.15, 0.2) is 6.20 Å². The Kier molecular flexibility index (Phi) is 3.39. The fourth-order valence-electron chi connectivity index (χ4n) is 0.752. The lowest BCUT2D eigenvalue weighted by molar-refractivity contribution is 0.0943. The van der Waals surface area contributed by atoms with Gasteiger partial charge in [0.15, 0.2) is 5.69 Å². The van der Waals surface area contributed by atoms with E-state index in [1.807, 2.05) is 6.92 Å². The molecule has 4 N–H and O–H groups in total. The summed E-state index contributed by atoms with van der Waals surface area (Å²) in [6, 6.07) is 0. The molecular formula is C7H13N5O. The maximum Gasteiger partial charge on any atom is 0.273 e. The Balaban J connectivity index is 2.35. The van der Waals surface area contributed by atoms with Gasteiger partial charge < -0.3 is 11.1 Å². The largest absolute Gasteiger partial charge is 0.350 e. The van der Waals surface area contributed by atoms with E-state index in [-0.39, 0.29) is 11.8 Å². The molecule has 1 aromatic heterocycles. The molecule has 0 fully saturated rings. The number of amides is 1. The fourth-order valence-corrected chi connectivity index (χ4v) is 0.752. The van der Waals surface area contributed by atoms with Crippen LogP contribution in [0.4, 0.5) is 0 Å². The van der Waals surface area contributed by atoms with Gasteiger partial charge in [0, 0.05) is 6.54 Å². The van der Waals surface area contributed by atoms with Gasteiger partial charge in [-0.3, -0.25) is 4.79 Å². The molecule has 6 heteroatoms. The van der Waals surface area contributed by atoms with Gasteiger partial charge in [-0.05, 0) is 12.5 Å². The molecule has 1 atom stereocenters. The molecule has 1 heterocycles. The molecule has 1 rings (SSSR count). The first kappa shape index (κ1) is 9.66. The quantitative estimate of drug-likeness (QED) is 0.565. The predicted octanol–water partition coefficient (Wildman–Crippen LogP) is -0.871. The van der Waals surface area contributed by atoms with Crippen molar-refractivity contribution in [3.05, 3.63) is 11.9 Å². The maximum atomic E-state index is 11.3. The molecule has 0 spiro atoms. The summed E-state index contributed by atoms with van der Waals surface area (Å²) in [5.74, 6) is 0.0462. The molecular weight excluding hydrogens is 170 g/mol. The number of rotatable bonds is 4. The average Bonchev–Trinajstić information content (AvgIpc) is 2.66. The van der Waals surface area contributed by atoms with Gasteiger partial charge in [0.05, 0.1) is 6.20 Å². The third-order valence-electron chi connectivity index (χ3n) is 1.66. The smallest absolute Gasteiger partial charge is 0.273 e. The van der Waals surface area contributed by atoms with E-state index < -0.39 is 0 Å². The van der Waals surface area contributed by atoms with Crippen molar-refractivity contribution >= 4 is 5.91 Å². The molecule has 1 aromatic rings. The van der Waals surface area contributed by atoms with Crippen LogP contribution in [-0.4, -0.2) is 34.4 Å². The molecule has 72 valence electrons. The van der Waals surface area contributed by atoms with Crippen molar-refractivity contribution in [2.45, 2.75) is 6.92 Å². The molecule has 1 amide bonds. The van der Waals surface area contributed by atoms with E-state index in [2.05, 4.69) is 20.7 Å². The number of hydrogen-bond donors (Lipinski definition) is 3. The van der Waals surface area contributed by atoms with Crippen molar-refractivity contribution in [2.24, 2.45) is 11.7 Å². The van der Waals surface area contributed by atoms with E-state index in [1.165, 1.54) is 6.20 Å². The van der Waals surface area contributed by atoms with Gasteiger partial charge in [-0.1, -0.05) is 6.92 Å². The van der Waals surface area contributed by atoms with Gasteiger partial charge in [-0.2, -0.15) is 15.4 Å². The summed E-state index contributed by atoms with van der Waals surface area (Å²) < 4.78 is 0. The molecule has 0 aromatic carbocycles. The van der Waals surface area contributed by atoms with Gasteiger partial charge in [0.25, 0.3) is 5.91 Å². The number of nitrogens with two attached hydrogens (primary N) is 1. The second-order valence-corrected chi connectivity index (χ2v) is 2.91. The molecule has 13 heavy (non-hydrogen) atoms. The summed E-state index contributed by atoms with van der Waals surface area (Å²) in [4.78, 5) is 11.3. The molecule has 0 saturated heterocycles. The Morgan fingerprint density at radius 2 is 2.62 bits per heavy atom. The monoisotopic (exact) mass is 183 g/mol. The third kappa shape index (κ3) is 2.83. The van der Waals surface area contributed by atoms with Gasteiger partial charge in [0.1, 0.15) is 0 Å². The van der Waals surface area contributed by atoms with E-state index in [4.69, 9.17) is 5.73 Å². The number of nitrogens with zero attached hydrogens (tertiary/aromatic N) is 2. The standard InChI is InChI=1S/C7H13N5O/c1-5(2-8)3-9-7(13)6-4-10-12-11-6/h4-5H,2-3,8H2,1H3,(H,9,13)(H,10,11,12). The molecule has 0 bridgehead atoms. The Labute approximate surface area is 75.9 Å². The van der Waals surface area contributed by atoms with Crippen molar-refractivity contribution in [2.75, 3.05) is 13.1 Å². The lowest BCUT2D eigenvalue weighted by atomic mass is 10.2. The van der Waals surface area contributed by atoms with Crippen LogP contribution in [0.3, 0.4) is 0 Å². The van der Waals surface area contributed by atoms with Gasteiger partial charge in [-0.15, -0.1) is 0 Å². The number of hydrogen-bond acceptors (Lipinski definition) is 4. The van der Waals surface area contributed by atoms with Crippen molar-refractivity contribution in [1.82, 2.24) is 20.7 Å². The van der Waals surface area contributed by atoms with E-state index in [0.29, 0.717) is 18.8 Å². The van der Waals surface area contributed by atoms with Crippen molar-refractivity contribution in [1.29, 1.82) is 0 Å². The summed E-state index contributed by atoms with van der Waals surface area (Å²) in [5, 5.41) is 12.2. The first-order chi connectivity index (χ1) is 6.24. The molecule has 0 aliphatic heterocycles. The van der Waals surface area contributed by atoms with Gasteiger partial charge in [-0.25, -0.2) is 0 Å². The highest BCUT2D eigenvalue weighted by molar-refractivity contribution is 5.91. The number of carbonyl (C=O) groups excluding carboxylic acids is 1. The topological polar surface area (TPSA) is 96.7 Å². The zero-order valence-electron chi connectivity index (χ0n) is 7.45. The van der Waals surface area contributed by atoms with Gasteiger partial charge >= 0.3 is 0 Å². The molecule has 6 nitrogen and oxygen atoms in total. The van der Waals surface area contributed by atoms with E-state index in [0.717, 1.165) is 0 Å². The van der Waals surface area contributed by atoms with Crippen molar-refractivity contribution < 1.29 is 4.79 Å². The summed E-state index contributed by atoms with van der Waals surface area (Å²) in [6.07, 6.45) is 1.38. The Bertz CT molecular complexity index is 258. The lowest BCUT2D eigenvalue weighted by Gasteiger charge is -2.08. The Morgan fingerprint density at radius 1 is 1.85 bits per heavy atom. The van der Waals surface area contributed by atoms with Crippen LogP contribution in [0.5, 0.6) is 0 Å². The van der Waals surface area contributed by atoms with E-state index in [9.17, 15) is 4.79 Å². The highest BCUT2D eigenvalue weighted by Crippen LogP contribution is 1.91. The summed E-state index contributed by atoms with van der Waals surface area (Å²) >= 11 is 0. The van der Waals surface area contributed by atoms with Crippen LogP contribution in [0.25, 0.3) is 0 Å². The Hall–Kier alpha value is -1.43. The zero-order chi connectivity index (χ0) is 9.68. The predicted molar refractivity (Wildman–Crippen MR) is 46.9 cm³/mol. The minimum Gasteiger partial charge on any atom is -0.350 e. The summed E-state index contributed by atoms with van der Waals surface area (Å²) in [6.45, 7) is 3.07. The van der Waals surface area contributed by atoms with Crippen molar-refractivity contribution in [3.63, 3.8) is 0 Å². The van der Waals surface area contributed by atoms with Crippen molar-refractivity contribution in [3.8, 4) is 0 Å². The van der Waals surface area contributed by atoms with Crippen LogP contribution in [-0.2, 0) is 0 Å². The van der Waals surface area contributed by atoms with E-state index in [1.54, 1.807) is 0 Å². The summed E-state index contributed by atoms with van der Waals surface area (Å²) in [7, 11) is 0. The molecule has 1 unspecified atom stereocenters. The lowest BCUT2D eigenvalue weighted by Crippen LogP contribution is -2.31. The SMILES string of the molecule is CC(CN)CNC(=O)c1cn[nH]n1. The second kappa shape index (κ2) is 4.56. The number of carbonyl (C=O) groups is 1. The minimum absolute atomic E-state index is 0.228. The molecule has 0 aliphatic rings. The highest BCUT2D eigenvalue weighted by Gasteiger charge is 2.08. The van der Waals surface area contributed by atoms with Crippen LogP contribution >= 0.6 is 0 Å². The van der Waals surface area contributed by atoms with Crippen LogP contribution in [0.2, 0.25) is 0 Å². The van der Waals surface area contributed by atoms with Crippen LogP contribution in [0, 0.1) is 5.92 Å². The molecule has 0 saturated carbocycles. The number of aromatic nitrogens is 3.